The van der Waals surface area contributed by atoms with Crippen LogP contribution in [0.2, 0.25) is 0 Å². The van der Waals surface area contributed by atoms with Gasteiger partial charge in [-0.05, 0) is 38.0 Å². The molecule has 1 aliphatic carbocycles. The van der Waals surface area contributed by atoms with Gasteiger partial charge in [0, 0.05) is 24.2 Å². The Bertz CT molecular complexity index is 662. The van der Waals surface area contributed by atoms with Gasteiger partial charge in [-0.3, -0.25) is 0 Å². The van der Waals surface area contributed by atoms with Crippen molar-refractivity contribution in [3.05, 3.63) is 47.3 Å². The van der Waals surface area contributed by atoms with Crippen molar-refractivity contribution in [2.75, 3.05) is 13.2 Å². The molecule has 1 aromatic heterocycles. The van der Waals surface area contributed by atoms with Crippen LogP contribution in [0.25, 0.3) is 12.2 Å². The molecule has 0 bridgehead atoms. The Balaban J connectivity index is 1.57. The van der Waals surface area contributed by atoms with Crippen LogP contribution in [-0.4, -0.2) is 35.6 Å². The number of nitrogens with one attached hydrogen (secondary N) is 1. The van der Waals surface area contributed by atoms with E-state index in [1.165, 1.54) is 12.8 Å². The average molecular weight is 314 g/mol. The smallest absolute Gasteiger partial charge is 0.159 e. The molecule has 1 heterocycles. The van der Waals surface area contributed by atoms with Gasteiger partial charge in [-0.2, -0.15) is 0 Å². The number of aromatic nitrogens is 1. The molecule has 0 spiro atoms. The highest BCUT2D eigenvalue weighted by Crippen LogP contribution is 2.21. The second kappa shape index (κ2) is 7.44. The van der Waals surface area contributed by atoms with Crippen LogP contribution in [0.1, 0.15) is 29.9 Å². The highest BCUT2D eigenvalue weighted by molar-refractivity contribution is 5.70. The van der Waals surface area contributed by atoms with E-state index < -0.39 is 6.10 Å². The quantitative estimate of drug-likeness (QED) is 0.784. The molecule has 2 aromatic rings. The molecule has 5 nitrogen and oxygen atoms in total. The van der Waals surface area contributed by atoms with E-state index in [0.717, 1.165) is 17.0 Å². The molecular formula is C18H22N2O3. The van der Waals surface area contributed by atoms with Crippen LogP contribution in [0.3, 0.4) is 0 Å². The van der Waals surface area contributed by atoms with Crippen LogP contribution >= 0.6 is 0 Å². The number of rotatable bonds is 8. The summed E-state index contributed by atoms with van der Waals surface area (Å²) in [6.45, 7) is 2.72. The van der Waals surface area contributed by atoms with Crippen LogP contribution in [0.15, 0.2) is 34.9 Å². The van der Waals surface area contributed by atoms with Crippen LogP contribution in [0.4, 0.5) is 0 Å². The molecule has 1 fully saturated rings. The van der Waals surface area contributed by atoms with Crippen molar-refractivity contribution >= 4 is 12.2 Å². The Morgan fingerprint density at radius 1 is 1.39 bits per heavy atom. The van der Waals surface area contributed by atoms with Gasteiger partial charge in [0.2, 0.25) is 0 Å². The van der Waals surface area contributed by atoms with E-state index in [2.05, 4.69) is 10.5 Å². The minimum absolute atomic E-state index is 0.270. The molecule has 23 heavy (non-hydrogen) atoms. The topological polar surface area (TPSA) is 67.5 Å². The zero-order valence-electron chi connectivity index (χ0n) is 13.2. The summed E-state index contributed by atoms with van der Waals surface area (Å²) in [6.07, 6.45) is 5.69. The maximum atomic E-state index is 9.96. The fourth-order valence-corrected chi connectivity index (χ4v) is 2.22. The molecule has 0 saturated heterocycles. The summed E-state index contributed by atoms with van der Waals surface area (Å²) in [5.41, 5.74) is 1.78. The zero-order chi connectivity index (χ0) is 16.1. The molecule has 5 heteroatoms. The average Bonchev–Trinajstić information content (AvgIpc) is 3.30. The lowest BCUT2D eigenvalue weighted by Crippen LogP contribution is -2.32. The third-order valence-corrected chi connectivity index (χ3v) is 3.64. The fourth-order valence-electron chi connectivity index (χ4n) is 2.22. The SMILES string of the molecule is Cc1cc(/C=C\c2ccccc2OCC(O)CNC2CC2)on1. The van der Waals surface area contributed by atoms with E-state index >= 15 is 0 Å². The number of aliphatic hydroxyl groups is 1. The van der Waals surface area contributed by atoms with E-state index in [1.54, 1.807) is 0 Å². The molecule has 1 saturated carbocycles. The Labute approximate surface area is 136 Å². The van der Waals surface area contributed by atoms with Crippen molar-refractivity contribution in [1.82, 2.24) is 10.5 Å². The first-order chi connectivity index (χ1) is 11.2. The molecule has 0 radical (unpaired) electrons. The lowest BCUT2D eigenvalue weighted by Gasteiger charge is -2.14. The van der Waals surface area contributed by atoms with E-state index in [9.17, 15) is 5.11 Å². The van der Waals surface area contributed by atoms with E-state index in [0.29, 0.717) is 18.3 Å². The summed E-state index contributed by atoms with van der Waals surface area (Å²) in [7, 11) is 0. The molecule has 1 atom stereocenters. The van der Waals surface area contributed by atoms with Gasteiger partial charge in [-0.25, -0.2) is 0 Å². The highest BCUT2D eigenvalue weighted by atomic mass is 16.5. The molecule has 122 valence electrons. The normalized spacial score (nSPS) is 15.9. The summed E-state index contributed by atoms with van der Waals surface area (Å²) in [5.74, 6) is 1.44. The minimum Gasteiger partial charge on any atom is -0.490 e. The van der Waals surface area contributed by atoms with Crippen molar-refractivity contribution in [1.29, 1.82) is 0 Å². The standard InChI is InChI=1S/C18H22N2O3/c1-13-10-17(23-20-13)9-6-14-4-2-3-5-18(14)22-12-16(21)11-19-15-7-8-15/h2-6,9-10,15-16,19,21H,7-8,11-12H2,1H3/b9-6-. The first-order valence-electron chi connectivity index (χ1n) is 7.95. The maximum absolute atomic E-state index is 9.96. The van der Waals surface area contributed by atoms with Gasteiger partial charge < -0.3 is 19.7 Å². The summed E-state index contributed by atoms with van der Waals surface area (Å²) in [6, 6.07) is 10.2. The zero-order valence-corrected chi connectivity index (χ0v) is 13.2. The number of hydrogen-bond acceptors (Lipinski definition) is 5. The van der Waals surface area contributed by atoms with Gasteiger partial charge in [0.25, 0.3) is 0 Å². The number of aliphatic hydroxyl groups excluding tert-OH is 1. The number of para-hydroxylation sites is 1. The van der Waals surface area contributed by atoms with Gasteiger partial charge in [-0.15, -0.1) is 0 Å². The number of aryl methyl sites for hydroxylation is 1. The van der Waals surface area contributed by atoms with Crippen molar-refractivity contribution in [3.63, 3.8) is 0 Å². The predicted molar refractivity (Wildman–Crippen MR) is 89.1 cm³/mol. The molecular weight excluding hydrogens is 292 g/mol. The van der Waals surface area contributed by atoms with Crippen molar-refractivity contribution < 1.29 is 14.4 Å². The largest absolute Gasteiger partial charge is 0.490 e. The monoisotopic (exact) mass is 314 g/mol. The second-order valence-corrected chi connectivity index (χ2v) is 5.89. The lowest BCUT2D eigenvalue weighted by molar-refractivity contribution is 0.106. The Morgan fingerprint density at radius 3 is 2.96 bits per heavy atom. The number of hydrogen-bond donors (Lipinski definition) is 2. The first kappa shape index (κ1) is 15.8. The highest BCUT2D eigenvalue weighted by Gasteiger charge is 2.21. The molecule has 0 aliphatic heterocycles. The van der Waals surface area contributed by atoms with Crippen LogP contribution in [-0.2, 0) is 0 Å². The van der Waals surface area contributed by atoms with Gasteiger partial charge in [0.15, 0.2) is 5.76 Å². The van der Waals surface area contributed by atoms with Crippen LogP contribution in [0, 0.1) is 6.92 Å². The van der Waals surface area contributed by atoms with Crippen molar-refractivity contribution in [2.24, 2.45) is 0 Å². The van der Waals surface area contributed by atoms with Crippen LogP contribution < -0.4 is 10.1 Å². The predicted octanol–water partition coefficient (Wildman–Crippen LogP) is 2.65. The lowest BCUT2D eigenvalue weighted by atomic mass is 10.2. The summed E-state index contributed by atoms with van der Waals surface area (Å²) >= 11 is 0. The number of benzene rings is 1. The second-order valence-electron chi connectivity index (χ2n) is 5.89. The van der Waals surface area contributed by atoms with Crippen LogP contribution in [0.5, 0.6) is 5.75 Å². The maximum Gasteiger partial charge on any atom is 0.159 e. The Kier molecular flexibility index (Phi) is 5.10. The van der Waals surface area contributed by atoms with Gasteiger partial charge in [0.1, 0.15) is 18.5 Å². The Morgan fingerprint density at radius 2 is 2.22 bits per heavy atom. The summed E-state index contributed by atoms with van der Waals surface area (Å²) < 4.78 is 10.9. The van der Waals surface area contributed by atoms with Crippen molar-refractivity contribution in [2.45, 2.75) is 31.9 Å². The summed E-state index contributed by atoms with van der Waals surface area (Å²) in [5, 5.41) is 17.1. The number of ether oxygens (including phenoxy) is 1. The number of nitrogens with zero attached hydrogens (tertiary/aromatic N) is 1. The van der Waals surface area contributed by atoms with E-state index in [-0.39, 0.29) is 6.61 Å². The third-order valence-electron chi connectivity index (χ3n) is 3.64. The molecule has 1 aliphatic rings. The molecule has 2 N–H and O–H groups in total. The molecule has 1 unspecified atom stereocenters. The molecule has 3 rings (SSSR count). The van der Waals surface area contributed by atoms with Gasteiger partial charge in [-0.1, -0.05) is 23.4 Å². The minimum atomic E-state index is -0.510. The van der Waals surface area contributed by atoms with E-state index in [4.69, 9.17) is 9.26 Å². The molecule has 1 aromatic carbocycles. The fraction of sp³-hybridized carbons (Fsp3) is 0.389. The first-order valence-corrected chi connectivity index (χ1v) is 7.95. The van der Waals surface area contributed by atoms with Crippen molar-refractivity contribution in [3.8, 4) is 5.75 Å². The van der Waals surface area contributed by atoms with Gasteiger partial charge in [0.05, 0.1) is 5.69 Å². The molecule has 0 amide bonds. The Hall–Kier alpha value is -2.11. The summed E-state index contributed by atoms with van der Waals surface area (Å²) in [4.78, 5) is 0. The van der Waals surface area contributed by atoms with E-state index in [1.807, 2.05) is 49.4 Å². The third kappa shape index (κ3) is 4.94. The van der Waals surface area contributed by atoms with Gasteiger partial charge >= 0.3 is 0 Å².